The highest BCUT2D eigenvalue weighted by Crippen LogP contribution is 2.08. The average Bonchev–Trinajstić information content (AvgIpc) is 2.19. The Morgan fingerprint density at radius 2 is 1.67 bits per heavy atom. The molecule has 0 atom stereocenters. The lowest BCUT2D eigenvalue weighted by Crippen LogP contribution is -1.93. The predicted octanol–water partition coefficient (Wildman–Crippen LogP) is 1.73. The molecule has 15 heavy (non-hydrogen) atoms. The Bertz CT molecular complexity index is 290. The summed E-state index contributed by atoms with van der Waals surface area (Å²) in [5.74, 6) is -0.472. The molecule has 0 amide bonds. The maximum Gasteiger partial charge on any atom is 0.335 e. The number of aliphatic hydroxyl groups excluding tert-OH is 1. The van der Waals surface area contributed by atoms with Gasteiger partial charge in [0, 0.05) is 6.61 Å². The monoisotopic (exact) mass is 212 g/mol. The summed E-state index contributed by atoms with van der Waals surface area (Å²) in [4.78, 5) is 10.2. The van der Waals surface area contributed by atoms with Crippen LogP contribution in [0, 0.1) is 5.92 Å². The maximum atomic E-state index is 10.2. The molecule has 0 radical (unpaired) electrons. The first-order valence-electron chi connectivity index (χ1n) is 4.60. The quantitative estimate of drug-likeness (QED) is 0.697. The lowest BCUT2D eigenvalue weighted by Gasteiger charge is -1.92. The van der Waals surface area contributed by atoms with Crippen LogP contribution in [0.15, 0.2) is 24.3 Å². The van der Waals surface area contributed by atoms with Crippen molar-refractivity contribution in [2.45, 2.75) is 13.8 Å². The minimum Gasteiger partial charge on any atom is -0.508 e. The molecule has 0 fully saturated rings. The number of rotatable bonds is 2. The zero-order chi connectivity index (χ0) is 11.8. The largest absolute Gasteiger partial charge is 0.508 e. The number of carboxylic acids is 1. The van der Waals surface area contributed by atoms with Crippen molar-refractivity contribution in [3.63, 3.8) is 0 Å². The maximum absolute atomic E-state index is 10.2. The molecule has 0 aliphatic carbocycles. The van der Waals surface area contributed by atoms with E-state index in [-0.39, 0.29) is 11.3 Å². The molecule has 1 rings (SSSR count). The Morgan fingerprint density at radius 1 is 1.27 bits per heavy atom. The highest BCUT2D eigenvalue weighted by molar-refractivity contribution is 5.87. The van der Waals surface area contributed by atoms with Crippen LogP contribution in [0.2, 0.25) is 0 Å². The van der Waals surface area contributed by atoms with E-state index in [4.69, 9.17) is 15.3 Å². The van der Waals surface area contributed by atoms with Crippen LogP contribution >= 0.6 is 0 Å². The molecule has 0 unspecified atom stereocenters. The van der Waals surface area contributed by atoms with Crippen LogP contribution in [-0.4, -0.2) is 27.9 Å². The Balaban J connectivity index is 0.000000336. The van der Waals surface area contributed by atoms with Crippen molar-refractivity contribution in [3.05, 3.63) is 29.8 Å². The lowest BCUT2D eigenvalue weighted by atomic mass is 10.2. The molecule has 4 heteroatoms. The molecule has 0 aliphatic rings. The highest BCUT2D eigenvalue weighted by Gasteiger charge is 1.99. The number of carbonyl (C=O) groups is 1. The minimum absolute atomic E-state index is 0.0741. The number of carboxylic acid groups (broad SMARTS) is 1. The van der Waals surface area contributed by atoms with Gasteiger partial charge in [-0.3, -0.25) is 0 Å². The summed E-state index contributed by atoms with van der Waals surface area (Å²) in [7, 11) is 0. The van der Waals surface area contributed by atoms with E-state index in [1.807, 2.05) is 13.8 Å². The molecule has 0 aromatic heterocycles. The van der Waals surface area contributed by atoms with Crippen LogP contribution in [0.5, 0.6) is 5.75 Å². The first-order chi connectivity index (χ1) is 6.97. The third kappa shape index (κ3) is 6.51. The van der Waals surface area contributed by atoms with E-state index in [1.54, 1.807) is 0 Å². The number of aromatic carboxylic acids is 1. The van der Waals surface area contributed by atoms with E-state index in [0.717, 1.165) is 0 Å². The summed E-state index contributed by atoms with van der Waals surface area (Å²) in [5, 5.41) is 25.3. The van der Waals surface area contributed by atoms with Gasteiger partial charge in [-0.25, -0.2) is 4.79 Å². The number of benzene rings is 1. The summed E-state index contributed by atoms with van der Waals surface area (Å²) >= 11 is 0. The van der Waals surface area contributed by atoms with Crippen molar-refractivity contribution in [2.24, 2.45) is 5.92 Å². The molecule has 84 valence electrons. The van der Waals surface area contributed by atoms with Gasteiger partial charge in [-0.2, -0.15) is 0 Å². The molecule has 1 aromatic carbocycles. The Hall–Kier alpha value is -1.55. The van der Waals surface area contributed by atoms with Gasteiger partial charge in [0.15, 0.2) is 0 Å². The summed E-state index contributed by atoms with van der Waals surface area (Å²) in [5.41, 5.74) is 0.179. The summed E-state index contributed by atoms with van der Waals surface area (Å²) in [6, 6.07) is 5.36. The van der Waals surface area contributed by atoms with Gasteiger partial charge in [0.05, 0.1) is 5.56 Å². The summed E-state index contributed by atoms with van der Waals surface area (Å²) < 4.78 is 0. The van der Waals surface area contributed by atoms with Crippen molar-refractivity contribution in [3.8, 4) is 5.75 Å². The number of hydrogen-bond donors (Lipinski definition) is 3. The number of aromatic hydroxyl groups is 1. The highest BCUT2D eigenvalue weighted by atomic mass is 16.4. The molecule has 0 saturated carbocycles. The second-order valence-electron chi connectivity index (χ2n) is 3.43. The molecule has 0 spiro atoms. The van der Waals surface area contributed by atoms with E-state index in [2.05, 4.69) is 0 Å². The SMILES string of the molecule is CC(C)CO.O=C(O)c1ccc(O)cc1. The fourth-order valence-corrected chi connectivity index (χ4v) is 0.604. The fraction of sp³-hybridized carbons (Fsp3) is 0.364. The molecule has 3 N–H and O–H groups in total. The third-order valence-corrected chi connectivity index (χ3v) is 1.48. The zero-order valence-electron chi connectivity index (χ0n) is 8.84. The predicted molar refractivity (Wildman–Crippen MR) is 57.0 cm³/mol. The molecular formula is C11H16O4. The zero-order valence-corrected chi connectivity index (χ0v) is 8.84. The van der Waals surface area contributed by atoms with Crippen LogP contribution in [-0.2, 0) is 0 Å². The van der Waals surface area contributed by atoms with Crippen LogP contribution in [0.4, 0.5) is 0 Å². The molecule has 4 nitrogen and oxygen atoms in total. The van der Waals surface area contributed by atoms with Crippen molar-refractivity contribution >= 4 is 5.97 Å². The lowest BCUT2D eigenvalue weighted by molar-refractivity contribution is 0.0697. The van der Waals surface area contributed by atoms with Crippen molar-refractivity contribution < 1.29 is 20.1 Å². The summed E-state index contributed by atoms with van der Waals surface area (Å²) in [6.45, 7) is 4.25. The number of hydrogen-bond acceptors (Lipinski definition) is 3. The molecule has 0 bridgehead atoms. The first-order valence-corrected chi connectivity index (χ1v) is 4.60. The molecule has 1 aromatic rings. The van der Waals surface area contributed by atoms with Crippen molar-refractivity contribution in [1.82, 2.24) is 0 Å². The van der Waals surface area contributed by atoms with E-state index < -0.39 is 5.97 Å². The number of aliphatic hydroxyl groups is 1. The molecule has 0 saturated heterocycles. The van der Waals surface area contributed by atoms with Crippen molar-refractivity contribution in [2.75, 3.05) is 6.61 Å². The first kappa shape index (κ1) is 13.4. The number of phenols is 1. The van der Waals surface area contributed by atoms with E-state index in [9.17, 15) is 4.79 Å². The fourth-order valence-electron chi connectivity index (χ4n) is 0.604. The van der Waals surface area contributed by atoms with Gasteiger partial charge in [-0.15, -0.1) is 0 Å². The van der Waals surface area contributed by atoms with Gasteiger partial charge in [0.2, 0.25) is 0 Å². The standard InChI is InChI=1S/C7H6O3.C4H10O/c8-6-3-1-5(2-4-6)7(9)10;1-4(2)3-5/h1-4,8H,(H,9,10);4-5H,3H2,1-2H3. The second-order valence-corrected chi connectivity index (χ2v) is 3.43. The van der Waals surface area contributed by atoms with Crippen LogP contribution in [0.25, 0.3) is 0 Å². The van der Waals surface area contributed by atoms with Crippen LogP contribution in [0.1, 0.15) is 24.2 Å². The Labute approximate surface area is 88.8 Å². The van der Waals surface area contributed by atoms with E-state index in [0.29, 0.717) is 12.5 Å². The second kappa shape index (κ2) is 6.84. The van der Waals surface area contributed by atoms with Crippen LogP contribution in [0.3, 0.4) is 0 Å². The van der Waals surface area contributed by atoms with Gasteiger partial charge in [-0.1, -0.05) is 13.8 Å². The van der Waals surface area contributed by atoms with Gasteiger partial charge < -0.3 is 15.3 Å². The molecule has 0 aliphatic heterocycles. The van der Waals surface area contributed by atoms with Gasteiger partial charge in [0.1, 0.15) is 5.75 Å². The smallest absolute Gasteiger partial charge is 0.335 e. The average molecular weight is 212 g/mol. The van der Waals surface area contributed by atoms with Crippen molar-refractivity contribution in [1.29, 1.82) is 0 Å². The molecular weight excluding hydrogens is 196 g/mol. The third-order valence-electron chi connectivity index (χ3n) is 1.48. The number of phenolic OH excluding ortho intramolecular Hbond substituents is 1. The van der Waals surface area contributed by atoms with Gasteiger partial charge in [-0.05, 0) is 30.2 Å². The molecule has 0 heterocycles. The normalized spacial score (nSPS) is 9.33. The van der Waals surface area contributed by atoms with E-state index >= 15 is 0 Å². The van der Waals surface area contributed by atoms with Crippen LogP contribution < -0.4 is 0 Å². The summed E-state index contributed by atoms with van der Waals surface area (Å²) in [6.07, 6.45) is 0. The van der Waals surface area contributed by atoms with Gasteiger partial charge >= 0.3 is 5.97 Å². The van der Waals surface area contributed by atoms with Gasteiger partial charge in [0.25, 0.3) is 0 Å². The Kier molecular flexibility index (Phi) is 6.13. The Morgan fingerprint density at radius 3 is 1.93 bits per heavy atom. The van der Waals surface area contributed by atoms with E-state index in [1.165, 1.54) is 24.3 Å². The topological polar surface area (TPSA) is 77.8 Å². The minimum atomic E-state index is -0.986.